The number of amides is 4. The fraction of sp³-hybridized carbons (Fsp3) is 0.600. The number of primary amides is 1. The first-order chi connectivity index (χ1) is 14.0. The van der Waals surface area contributed by atoms with E-state index in [4.69, 9.17) is 15.2 Å². The molecule has 1 aliphatic carbocycles. The molecule has 3 aliphatic rings. The zero-order valence-corrected chi connectivity index (χ0v) is 16.2. The SMILES string of the molecule is NC(=O)c1cccnc1OC1CCC(N2C(=O)NC(CC3CCCO3)C2=O)CC1. The van der Waals surface area contributed by atoms with Crippen LogP contribution in [0.1, 0.15) is 55.3 Å². The van der Waals surface area contributed by atoms with Crippen molar-refractivity contribution in [1.29, 1.82) is 0 Å². The van der Waals surface area contributed by atoms with E-state index in [1.165, 1.54) is 4.90 Å². The molecule has 2 unspecified atom stereocenters. The maximum absolute atomic E-state index is 12.8. The van der Waals surface area contributed by atoms with E-state index in [0.29, 0.717) is 32.1 Å². The van der Waals surface area contributed by atoms with Gasteiger partial charge >= 0.3 is 6.03 Å². The molecule has 3 heterocycles. The Labute approximate surface area is 168 Å². The van der Waals surface area contributed by atoms with E-state index in [-0.39, 0.29) is 41.6 Å². The number of ether oxygens (including phenoxy) is 2. The fourth-order valence-corrected chi connectivity index (χ4v) is 4.40. The molecule has 2 aliphatic heterocycles. The Morgan fingerprint density at radius 2 is 2.07 bits per heavy atom. The van der Waals surface area contributed by atoms with Crippen molar-refractivity contribution in [1.82, 2.24) is 15.2 Å². The molecule has 1 aromatic rings. The molecule has 156 valence electrons. The van der Waals surface area contributed by atoms with Gasteiger partial charge in [-0.1, -0.05) is 0 Å². The second-order valence-electron chi connectivity index (χ2n) is 7.85. The second-order valence-corrected chi connectivity index (χ2v) is 7.85. The van der Waals surface area contributed by atoms with Gasteiger partial charge in [0.2, 0.25) is 5.88 Å². The lowest BCUT2D eigenvalue weighted by Gasteiger charge is -2.33. The number of hydrogen-bond donors (Lipinski definition) is 2. The molecule has 0 aromatic carbocycles. The van der Waals surface area contributed by atoms with Crippen molar-refractivity contribution in [2.24, 2.45) is 5.73 Å². The minimum absolute atomic E-state index is 0.0474. The van der Waals surface area contributed by atoms with Crippen molar-refractivity contribution in [2.45, 2.75) is 69.2 Å². The number of nitrogens with one attached hydrogen (secondary N) is 1. The summed E-state index contributed by atoms with van der Waals surface area (Å²) in [4.78, 5) is 42.2. The number of aromatic nitrogens is 1. The summed E-state index contributed by atoms with van der Waals surface area (Å²) in [5.74, 6) is -0.510. The number of carbonyl (C=O) groups excluding carboxylic acids is 3. The van der Waals surface area contributed by atoms with Crippen LogP contribution in [0.5, 0.6) is 5.88 Å². The summed E-state index contributed by atoms with van der Waals surface area (Å²) >= 11 is 0. The highest BCUT2D eigenvalue weighted by molar-refractivity contribution is 6.04. The second kappa shape index (κ2) is 8.36. The van der Waals surface area contributed by atoms with Crippen molar-refractivity contribution in [3.8, 4) is 5.88 Å². The van der Waals surface area contributed by atoms with Crippen LogP contribution in [0.15, 0.2) is 18.3 Å². The lowest BCUT2D eigenvalue weighted by molar-refractivity contribution is -0.130. The predicted octanol–water partition coefficient (Wildman–Crippen LogP) is 1.36. The number of nitrogens with two attached hydrogens (primary N) is 1. The normalized spacial score (nSPS) is 29.7. The van der Waals surface area contributed by atoms with Crippen LogP contribution in [0.4, 0.5) is 4.79 Å². The van der Waals surface area contributed by atoms with E-state index in [0.717, 1.165) is 19.4 Å². The van der Waals surface area contributed by atoms with Crippen LogP contribution in [0, 0.1) is 0 Å². The topological polar surface area (TPSA) is 124 Å². The standard InChI is InChI=1S/C20H26N4O5/c21-17(25)15-4-1-9-22-18(15)29-13-7-5-12(6-8-13)24-19(26)16(23-20(24)27)11-14-3-2-10-28-14/h1,4,9,12-14,16H,2-3,5-8,10-11H2,(H2,21,25)(H,23,27). The molecular weight excluding hydrogens is 376 g/mol. The summed E-state index contributed by atoms with van der Waals surface area (Å²) in [5, 5.41) is 2.81. The third-order valence-corrected chi connectivity index (χ3v) is 5.90. The first kappa shape index (κ1) is 19.6. The van der Waals surface area contributed by atoms with Crippen molar-refractivity contribution >= 4 is 17.8 Å². The molecule has 1 saturated carbocycles. The van der Waals surface area contributed by atoms with Gasteiger partial charge in [0, 0.05) is 25.3 Å². The van der Waals surface area contributed by atoms with Crippen LogP contribution in [0.25, 0.3) is 0 Å². The Morgan fingerprint density at radius 3 is 2.76 bits per heavy atom. The van der Waals surface area contributed by atoms with E-state index in [1.54, 1.807) is 18.3 Å². The van der Waals surface area contributed by atoms with Gasteiger partial charge in [-0.05, 0) is 50.7 Å². The van der Waals surface area contributed by atoms with Crippen LogP contribution in [-0.2, 0) is 9.53 Å². The number of imide groups is 1. The summed E-state index contributed by atoms with van der Waals surface area (Å²) in [6.45, 7) is 0.723. The molecule has 4 rings (SSSR count). The van der Waals surface area contributed by atoms with Gasteiger partial charge in [0.05, 0.1) is 6.10 Å². The highest BCUT2D eigenvalue weighted by Crippen LogP contribution is 2.30. The lowest BCUT2D eigenvalue weighted by Crippen LogP contribution is -2.44. The molecule has 3 fully saturated rings. The molecule has 1 aromatic heterocycles. The highest BCUT2D eigenvalue weighted by Gasteiger charge is 2.44. The monoisotopic (exact) mass is 402 g/mol. The molecule has 29 heavy (non-hydrogen) atoms. The van der Waals surface area contributed by atoms with E-state index in [9.17, 15) is 14.4 Å². The number of nitrogens with zero attached hydrogens (tertiary/aromatic N) is 2. The van der Waals surface area contributed by atoms with Gasteiger partial charge in [-0.25, -0.2) is 9.78 Å². The Balaban J connectivity index is 1.33. The maximum atomic E-state index is 12.8. The number of hydrogen-bond acceptors (Lipinski definition) is 6. The molecule has 0 bridgehead atoms. The van der Waals surface area contributed by atoms with Crippen molar-refractivity contribution in [3.05, 3.63) is 23.9 Å². The van der Waals surface area contributed by atoms with E-state index in [2.05, 4.69) is 10.3 Å². The molecule has 9 nitrogen and oxygen atoms in total. The quantitative estimate of drug-likeness (QED) is 0.693. The maximum Gasteiger partial charge on any atom is 0.325 e. The van der Waals surface area contributed by atoms with Gasteiger partial charge in [-0.15, -0.1) is 0 Å². The van der Waals surface area contributed by atoms with Gasteiger partial charge < -0.3 is 20.5 Å². The van der Waals surface area contributed by atoms with Crippen LogP contribution in [0.2, 0.25) is 0 Å². The first-order valence-electron chi connectivity index (χ1n) is 10.2. The zero-order valence-electron chi connectivity index (χ0n) is 16.2. The Bertz CT molecular complexity index is 787. The van der Waals surface area contributed by atoms with Crippen molar-refractivity contribution < 1.29 is 23.9 Å². The van der Waals surface area contributed by atoms with Gasteiger partial charge in [0.15, 0.2) is 0 Å². The average molecular weight is 402 g/mol. The molecule has 9 heteroatoms. The summed E-state index contributed by atoms with van der Waals surface area (Å²) in [7, 11) is 0. The van der Waals surface area contributed by atoms with Crippen molar-refractivity contribution in [2.75, 3.05) is 6.61 Å². The average Bonchev–Trinajstić information content (AvgIpc) is 3.31. The number of pyridine rings is 1. The van der Waals surface area contributed by atoms with Gasteiger partial charge in [-0.2, -0.15) is 0 Å². The number of rotatable bonds is 6. The zero-order chi connectivity index (χ0) is 20.4. The predicted molar refractivity (Wildman–Crippen MR) is 102 cm³/mol. The van der Waals surface area contributed by atoms with Crippen molar-refractivity contribution in [3.63, 3.8) is 0 Å². The molecule has 2 atom stereocenters. The van der Waals surface area contributed by atoms with Crippen LogP contribution in [0.3, 0.4) is 0 Å². The molecule has 0 spiro atoms. The Morgan fingerprint density at radius 1 is 1.28 bits per heavy atom. The van der Waals surface area contributed by atoms with Gasteiger partial charge in [0.1, 0.15) is 17.7 Å². The van der Waals surface area contributed by atoms with Crippen LogP contribution >= 0.6 is 0 Å². The Kier molecular flexibility index (Phi) is 5.66. The minimum Gasteiger partial charge on any atom is -0.474 e. The third kappa shape index (κ3) is 4.19. The Hall–Kier alpha value is -2.68. The van der Waals surface area contributed by atoms with E-state index < -0.39 is 11.9 Å². The largest absolute Gasteiger partial charge is 0.474 e. The van der Waals surface area contributed by atoms with E-state index in [1.807, 2.05) is 0 Å². The smallest absolute Gasteiger partial charge is 0.325 e. The number of carbonyl (C=O) groups is 3. The molecular formula is C20H26N4O5. The lowest BCUT2D eigenvalue weighted by atomic mass is 9.91. The third-order valence-electron chi connectivity index (χ3n) is 5.90. The molecule has 4 amide bonds. The summed E-state index contributed by atoms with van der Waals surface area (Å²) in [6, 6.07) is 2.26. The molecule has 3 N–H and O–H groups in total. The summed E-state index contributed by atoms with van der Waals surface area (Å²) < 4.78 is 11.5. The summed E-state index contributed by atoms with van der Waals surface area (Å²) in [6.07, 6.45) is 6.55. The van der Waals surface area contributed by atoms with Crippen LogP contribution < -0.4 is 15.8 Å². The highest BCUT2D eigenvalue weighted by atomic mass is 16.5. The molecule has 0 radical (unpaired) electrons. The molecule has 2 saturated heterocycles. The minimum atomic E-state index is -0.585. The van der Waals surface area contributed by atoms with Crippen LogP contribution in [-0.4, -0.2) is 58.6 Å². The summed E-state index contributed by atoms with van der Waals surface area (Å²) in [5.41, 5.74) is 5.62. The number of urea groups is 1. The first-order valence-corrected chi connectivity index (χ1v) is 10.2. The van der Waals surface area contributed by atoms with E-state index >= 15 is 0 Å². The fourth-order valence-electron chi connectivity index (χ4n) is 4.40. The van der Waals surface area contributed by atoms with Gasteiger partial charge in [-0.3, -0.25) is 14.5 Å². The van der Waals surface area contributed by atoms with Gasteiger partial charge in [0.25, 0.3) is 11.8 Å².